The Morgan fingerprint density at radius 2 is 0.969 bits per heavy atom. The number of halogens is 4. The molecule has 0 fully saturated rings. The van der Waals surface area contributed by atoms with Crippen LogP contribution < -0.4 is 0 Å². The smallest absolute Gasteiger partial charge is 0.147 e. The zero-order valence-electron chi connectivity index (χ0n) is 19.0. The molecule has 0 atom stereocenters. The monoisotopic (exact) mass is 658 g/mol. The third-order valence-corrected chi connectivity index (χ3v) is 32.0. The molecular weight excluding hydrogens is 628 g/mol. The van der Waals surface area contributed by atoms with E-state index in [2.05, 4.69) is 42.3 Å². The molecule has 170 valence electrons. The van der Waals surface area contributed by atoms with Crippen molar-refractivity contribution in [1.29, 1.82) is 0 Å². The van der Waals surface area contributed by atoms with Gasteiger partial charge >= 0.3 is 181 Å². The molecule has 0 nitrogen and oxygen atoms in total. The Bertz CT molecular complexity index is 1140. The van der Waals surface area contributed by atoms with Crippen molar-refractivity contribution < 1.29 is 25.9 Å². The van der Waals surface area contributed by atoms with E-state index < -0.39 is 17.1 Å². The normalized spacial score (nSPS) is 16.5. The van der Waals surface area contributed by atoms with E-state index in [9.17, 15) is 8.78 Å². The van der Waals surface area contributed by atoms with Gasteiger partial charge in [0.2, 0.25) is 0 Å². The van der Waals surface area contributed by atoms with Crippen LogP contribution in [0.15, 0.2) is 78.5 Å². The molecule has 0 N–H and O–H groups in total. The Hall–Kier alpha value is -1.07. The van der Waals surface area contributed by atoms with Crippen LogP contribution >= 0.6 is 24.8 Å². The zero-order chi connectivity index (χ0) is 21.7. The molecule has 0 saturated carbocycles. The van der Waals surface area contributed by atoms with Crippen LogP contribution in [0.2, 0.25) is 9.36 Å². The van der Waals surface area contributed by atoms with Gasteiger partial charge in [0.1, 0.15) is 0 Å². The molecule has 0 aliphatic heterocycles. The van der Waals surface area contributed by atoms with Gasteiger partial charge in [-0.2, -0.15) is 0 Å². The molecule has 32 heavy (non-hydrogen) atoms. The summed E-state index contributed by atoms with van der Waals surface area (Å²) in [7, 11) is 0. The molecule has 0 heterocycles. The van der Waals surface area contributed by atoms with Crippen LogP contribution in [-0.4, -0.2) is 6.94 Å². The first-order valence-electron chi connectivity index (χ1n) is 10.5. The molecule has 2 aromatic carbocycles. The van der Waals surface area contributed by atoms with E-state index in [1.54, 1.807) is 30.9 Å². The summed E-state index contributed by atoms with van der Waals surface area (Å²) in [6, 6.07) is 13.7. The van der Waals surface area contributed by atoms with E-state index in [4.69, 9.17) is 0 Å². The predicted molar refractivity (Wildman–Crippen MR) is 138 cm³/mol. The maximum Gasteiger partial charge on any atom is -0.147 e. The second-order valence-corrected chi connectivity index (χ2v) is 50.5. The van der Waals surface area contributed by atoms with Crippen LogP contribution in [0, 0.1) is 11.6 Å². The number of hydrogen-bond donors (Lipinski definition) is 0. The Kier molecular flexibility index (Phi) is 8.20. The number of hydrogen-bond acceptors (Lipinski definition) is 0. The fraction of sp³-hybridized carbons (Fsp3) is 0.231. The minimum atomic E-state index is -3.50. The van der Waals surface area contributed by atoms with Crippen molar-refractivity contribution in [2.45, 2.75) is 36.0 Å². The van der Waals surface area contributed by atoms with Gasteiger partial charge in [-0.25, -0.2) is 0 Å². The number of benzene rings is 2. The summed E-state index contributed by atoms with van der Waals surface area (Å²) in [5.74, 6) is -0.391. The van der Waals surface area contributed by atoms with Gasteiger partial charge < -0.3 is 0 Å². The van der Waals surface area contributed by atoms with Gasteiger partial charge in [-0.05, 0) is 0 Å². The van der Waals surface area contributed by atoms with Crippen molar-refractivity contribution in [1.82, 2.24) is 0 Å². The van der Waals surface area contributed by atoms with Crippen molar-refractivity contribution in [2.24, 2.45) is 0 Å². The first-order valence-corrected chi connectivity index (χ1v) is 29.6. The zero-order valence-corrected chi connectivity index (χ0v) is 25.6. The van der Waals surface area contributed by atoms with E-state index in [1.165, 1.54) is 22.3 Å². The van der Waals surface area contributed by atoms with Gasteiger partial charge in [-0.15, -0.1) is 24.8 Å². The molecule has 0 amide bonds. The molecule has 2 aliphatic carbocycles. The first kappa shape index (κ1) is 27.2. The largest absolute Gasteiger partial charge is 0.147 e. The number of rotatable bonds is 4. The third kappa shape index (κ3) is 4.75. The summed E-state index contributed by atoms with van der Waals surface area (Å²) in [5, 5.41) is 0. The predicted octanol–water partition coefficient (Wildman–Crippen LogP) is 7.96. The van der Waals surface area contributed by atoms with Gasteiger partial charge in [0, 0.05) is 0 Å². The maximum absolute atomic E-state index is 13.4. The average molecular weight is 658 g/mol. The molecular formula is C26H30Cl2F2HfSi. The minimum Gasteiger partial charge on any atom is -0.147 e. The molecule has 0 bridgehead atoms. The van der Waals surface area contributed by atoms with Crippen molar-refractivity contribution in [3.05, 3.63) is 101 Å². The van der Waals surface area contributed by atoms with Crippen molar-refractivity contribution in [2.75, 3.05) is 0 Å². The molecule has 0 unspecified atom stereocenters. The molecule has 2 aliphatic rings. The van der Waals surface area contributed by atoms with Gasteiger partial charge in [0.25, 0.3) is 0 Å². The molecule has 6 heteroatoms. The molecule has 0 aromatic heterocycles. The van der Waals surface area contributed by atoms with Crippen LogP contribution in [-0.2, 0) is 17.1 Å². The summed E-state index contributed by atoms with van der Waals surface area (Å²) < 4.78 is 35.2. The van der Waals surface area contributed by atoms with Gasteiger partial charge in [-0.1, -0.05) is 0 Å². The van der Waals surface area contributed by atoms with Crippen LogP contribution in [0.5, 0.6) is 0 Å². The minimum absolute atomic E-state index is 0. The van der Waals surface area contributed by atoms with Crippen LogP contribution in [0.3, 0.4) is 0 Å². The third-order valence-electron chi connectivity index (χ3n) is 6.98. The second-order valence-electron chi connectivity index (χ2n) is 9.55. The van der Waals surface area contributed by atoms with Gasteiger partial charge in [0.05, 0.1) is 0 Å². The fourth-order valence-corrected chi connectivity index (χ4v) is 28.4. The summed E-state index contributed by atoms with van der Waals surface area (Å²) in [6.45, 7) is 6.76. The molecule has 0 radical (unpaired) electrons. The van der Waals surface area contributed by atoms with Crippen molar-refractivity contribution in [3.63, 3.8) is 0 Å². The quantitative estimate of drug-likeness (QED) is 0.293. The fourth-order valence-electron chi connectivity index (χ4n) is 5.31. The van der Waals surface area contributed by atoms with E-state index in [1.807, 2.05) is 24.3 Å². The first-order chi connectivity index (χ1) is 14.1. The Balaban J connectivity index is 0.00000181. The SMILES string of the molecule is CC1=[C]([Hf]([CH3])([CH3])(=[SiH2])[C]2=C(C)C(c3ccc(F)cc3)=CC2)CC=C1c1ccc(F)cc1.Cl.Cl. The standard InChI is InChI=1S/2C12H10F.2CH3.2ClH.Hf.H2Si/c2*1-9-3-2-4-12(9)10-5-7-11(13)8-6-10;;;;;;/h2*4-8H,2H2,1H3;2*1H3;2*1H;;1H2. The molecule has 0 spiro atoms. The van der Waals surface area contributed by atoms with Crippen molar-refractivity contribution in [3.8, 4) is 0 Å². The van der Waals surface area contributed by atoms with Crippen LogP contribution in [0.25, 0.3) is 11.1 Å². The van der Waals surface area contributed by atoms with E-state index in [0.29, 0.717) is 0 Å². The van der Waals surface area contributed by atoms with Crippen LogP contribution in [0.1, 0.15) is 37.8 Å². The Morgan fingerprint density at radius 3 is 1.28 bits per heavy atom. The summed E-state index contributed by atoms with van der Waals surface area (Å²) >= 11 is -3.50. The topological polar surface area (TPSA) is 0 Å². The van der Waals surface area contributed by atoms with E-state index in [0.717, 1.165) is 24.0 Å². The second kappa shape index (κ2) is 9.66. The number of allylic oxidation sites excluding steroid dienone is 8. The van der Waals surface area contributed by atoms with Gasteiger partial charge in [0.15, 0.2) is 0 Å². The van der Waals surface area contributed by atoms with Crippen molar-refractivity contribution >= 4 is 42.9 Å². The molecule has 0 saturated heterocycles. The average Bonchev–Trinajstić information content (AvgIpc) is 3.27. The maximum atomic E-state index is 13.4. The van der Waals surface area contributed by atoms with Gasteiger partial charge in [-0.3, -0.25) is 0 Å². The van der Waals surface area contributed by atoms with E-state index >= 15 is 0 Å². The summed E-state index contributed by atoms with van der Waals surface area (Å²) in [6.07, 6.45) is 6.64. The molecule has 2 aromatic rings. The Morgan fingerprint density at radius 1 is 0.656 bits per heavy atom. The summed E-state index contributed by atoms with van der Waals surface area (Å²) in [5.41, 5.74) is 7.47. The molecule has 4 rings (SSSR count). The van der Waals surface area contributed by atoms with E-state index in [-0.39, 0.29) is 36.4 Å². The van der Waals surface area contributed by atoms with Crippen LogP contribution in [0.4, 0.5) is 8.78 Å². The summed E-state index contributed by atoms with van der Waals surface area (Å²) in [4.78, 5) is 0. The Labute approximate surface area is 204 Å².